The largest absolute Gasteiger partial charge is 0.413 e. The van der Waals surface area contributed by atoms with Crippen molar-refractivity contribution in [3.8, 4) is 0 Å². The van der Waals surface area contributed by atoms with Gasteiger partial charge in [0.05, 0.1) is 22.9 Å². The third-order valence-corrected chi connectivity index (χ3v) is 12.5. The molecule has 160 valence electrons. The minimum absolute atomic E-state index is 0.0738. The Balaban J connectivity index is 2.90. The Bertz CT molecular complexity index is 677. The summed E-state index contributed by atoms with van der Waals surface area (Å²) in [4.78, 5) is 0.302. The Hall–Kier alpha value is -0.953. The molecule has 2 unspecified atom stereocenters. The first-order valence-electron chi connectivity index (χ1n) is 10.4. The van der Waals surface area contributed by atoms with Crippen molar-refractivity contribution in [1.29, 1.82) is 0 Å². The van der Waals surface area contributed by atoms with Crippen LogP contribution in [0.2, 0.25) is 18.1 Å². The van der Waals surface area contributed by atoms with Crippen molar-refractivity contribution in [2.24, 2.45) is 11.8 Å². The molecule has 0 amide bonds. The molecule has 1 aromatic carbocycles. The van der Waals surface area contributed by atoms with Gasteiger partial charge in [0.15, 0.2) is 18.2 Å². The molecule has 1 N–H and O–H groups in total. The summed E-state index contributed by atoms with van der Waals surface area (Å²) in [6.07, 6.45) is 1.16. The lowest BCUT2D eigenvalue weighted by Crippen LogP contribution is -2.46. The molecule has 0 aliphatic carbocycles. The minimum atomic E-state index is -3.40. The fourth-order valence-electron chi connectivity index (χ4n) is 3.62. The summed E-state index contributed by atoms with van der Waals surface area (Å²) < 4.78 is 31.8. The molecule has 0 saturated carbocycles. The average Bonchev–Trinajstić information content (AvgIpc) is 2.73. The van der Waals surface area contributed by atoms with Crippen LogP contribution < -0.4 is 0 Å². The van der Waals surface area contributed by atoms with Gasteiger partial charge in [0, 0.05) is 5.92 Å². The van der Waals surface area contributed by atoms with Gasteiger partial charge < -0.3 is 9.53 Å². The molecule has 0 aliphatic rings. The van der Waals surface area contributed by atoms with E-state index < -0.39 is 24.3 Å². The van der Waals surface area contributed by atoms with Crippen molar-refractivity contribution in [3.05, 3.63) is 43.0 Å². The molecule has 0 aliphatic heterocycles. The number of rotatable bonds is 13. The van der Waals surface area contributed by atoms with Gasteiger partial charge in [0.25, 0.3) is 0 Å². The number of aliphatic hydroxyl groups excluding tert-OH is 1. The standard InChI is InChI=1S/C22H38O4SSi/c1-7-18(5)22(26-28(8-2,9-3)10-4)19(6)21(23)16-17-27(24,25)20-14-12-11-13-15-20/h7,11-15,18-19,21-23H,1,8-10,16-17H2,2-6H3/t18-,19?,21?,22-/m0/s1. The molecule has 0 spiro atoms. The van der Waals surface area contributed by atoms with Crippen LogP contribution in [0.4, 0.5) is 0 Å². The van der Waals surface area contributed by atoms with Gasteiger partial charge in [-0.1, -0.05) is 58.9 Å². The van der Waals surface area contributed by atoms with Gasteiger partial charge in [-0.2, -0.15) is 0 Å². The van der Waals surface area contributed by atoms with Crippen LogP contribution in [0.3, 0.4) is 0 Å². The highest BCUT2D eigenvalue weighted by Gasteiger charge is 2.37. The molecule has 4 nitrogen and oxygen atoms in total. The third-order valence-electron chi connectivity index (χ3n) is 6.12. The first-order chi connectivity index (χ1) is 13.2. The van der Waals surface area contributed by atoms with Gasteiger partial charge in [0.1, 0.15) is 0 Å². The highest BCUT2D eigenvalue weighted by Crippen LogP contribution is 2.31. The Morgan fingerprint density at radius 1 is 1.11 bits per heavy atom. The van der Waals surface area contributed by atoms with Crippen LogP contribution in [-0.2, 0) is 14.3 Å². The zero-order chi connectivity index (χ0) is 21.4. The summed E-state index contributed by atoms with van der Waals surface area (Å²) in [6.45, 7) is 14.5. The number of hydrogen-bond donors (Lipinski definition) is 1. The maximum absolute atomic E-state index is 12.5. The smallest absolute Gasteiger partial charge is 0.192 e. The zero-order valence-corrected chi connectivity index (χ0v) is 19.9. The Morgan fingerprint density at radius 3 is 2.11 bits per heavy atom. The van der Waals surface area contributed by atoms with E-state index >= 15 is 0 Å². The molecular formula is C22H38O4SSi. The van der Waals surface area contributed by atoms with E-state index in [0.29, 0.717) is 4.90 Å². The maximum atomic E-state index is 12.5. The fourth-order valence-corrected chi connectivity index (χ4v) is 7.99. The van der Waals surface area contributed by atoms with E-state index in [4.69, 9.17) is 4.43 Å². The topological polar surface area (TPSA) is 63.6 Å². The highest BCUT2D eigenvalue weighted by atomic mass is 32.2. The summed E-state index contributed by atoms with van der Waals surface area (Å²) in [6, 6.07) is 11.5. The number of sulfone groups is 1. The summed E-state index contributed by atoms with van der Waals surface area (Å²) in [7, 11) is -5.26. The fraction of sp³-hybridized carbons (Fsp3) is 0.636. The first kappa shape index (κ1) is 25.1. The van der Waals surface area contributed by atoms with Crippen molar-refractivity contribution >= 4 is 18.2 Å². The third kappa shape index (κ3) is 6.54. The first-order valence-corrected chi connectivity index (χ1v) is 14.6. The van der Waals surface area contributed by atoms with Gasteiger partial charge in [-0.05, 0) is 42.6 Å². The molecule has 0 fully saturated rings. The van der Waals surface area contributed by atoms with Crippen LogP contribution in [0.15, 0.2) is 47.9 Å². The van der Waals surface area contributed by atoms with Gasteiger partial charge in [-0.3, -0.25) is 0 Å². The monoisotopic (exact) mass is 426 g/mol. The van der Waals surface area contributed by atoms with Crippen molar-refractivity contribution in [1.82, 2.24) is 0 Å². The average molecular weight is 427 g/mol. The molecule has 0 radical (unpaired) electrons. The lowest BCUT2D eigenvalue weighted by atomic mass is 9.88. The Morgan fingerprint density at radius 2 is 1.64 bits per heavy atom. The molecule has 4 atom stereocenters. The lowest BCUT2D eigenvalue weighted by Gasteiger charge is -2.39. The van der Waals surface area contributed by atoms with E-state index in [1.54, 1.807) is 30.3 Å². The summed E-state index contributed by atoms with van der Waals surface area (Å²) >= 11 is 0. The molecular weight excluding hydrogens is 388 g/mol. The minimum Gasteiger partial charge on any atom is -0.413 e. The van der Waals surface area contributed by atoms with E-state index in [2.05, 4.69) is 34.3 Å². The number of benzene rings is 1. The number of aliphatic hydroxyl groups is 1. The SMILES string of the molecule is C=C[C@H](C)[C@H](O[Si](CC)(CC)CC)C(C)C(O)CCS(=O)(=O)c1ccccc1. The van der Waals surface area contributed by atoms with Crippen molar-refractivity contribution < 1.29 is 18.0 Å². The van der Waals surface area contributed by atoms with Crippen LogP contribution in [-0.4, -0.2) is 39.8 Å². The predicted octanol–water partition coefficient (Wildman–Crippen LogP) is 5.06. The van der Waals surface area contributed by atoms with E-state index in [1.165, 1.54) is 0 Å². The lowest BCUT2D eigenvalue weighted by molar-refractivity contribution is 0.0113. The van der Waals surface area contributed by atoms with E-state index in [0.717, 1.165) is 18.1 Å². The van der Waals surface area contributed by atoms with E-state index in [-0.39, 0.29) is 30.1 Å². The van der Waals surface area contributed by atoms with Gasteiger partial charge in [-0.25, -0.2) is 8.42 Å². The highest BCUT2D eigenvalue weighted by molar-refractivity contribution is 7.91. The molecule has 1 rings (SSSR count). The summed E-state index contributed by atoms with van der Waals surface area (Å²) in [5, 5.41) is 10.8. The molecule has 0 heterocycles. The van der Waals surface area contributed by atoms with Crippen LogP contribution in [0.1, 0.15) is 41.0 Å². The second-order valence-electron chi connectivity index (χ2n) is 7.77. The second-order valence-corrected chi connectivity index (χ2v) is 14.6. The summed E-state index contributed by atoms with van der Waals surface area (Å²) in [5.74, 6) is -0.155. The molecule has 6 heteroatoms. The quantitative estimate of drug-likeness (QED) is 0.354. The molecule has 0 bridgehead atoms. The van der Waals surface area contributed by atoms with Crippen LogP contribution in [0, 0.1) is 11.8 Å². The van der Waals surface area contributed by atoms with Crippen LogP contribution >= 0.6 is 0 Å². The normalized spacial score (nSPS) is 16.9. The Kier molecular flexibility index (Phi) is 10.1. The molecule has 0 aromatic heterocycles. The predicted molar refractivity (Wildman–Crippen MR) is 120 cm³/mol. The summed E-state index contributed by atoms with van der Waals surface area (Å²) in [5.41, 5.74) is 0. The second kappa shape index (κ2) is 11.3. The van der Waals surface area contributed by atoms with Crippen molar-refractivity contribution in [2.45, 2.75) is 76.3 Å². The molecule has 0 saturated heterocycles. The van der Waals surface area contributed by atoms with Crippen LogP contribution in [0.5, 0.6) is 0 Å². The Labute approximate surface area is 173 Å². The van der Waals surface area contributed by atoms with Gasteiger partial charge in [-0.15, -0.1) is 6.58 Å². The van der Waals surface area contributed by atoms with Crippen molar-refractivity contribution in [3.63, 3.8) is 0 Å². The zero-order valence-electron chi connectivity index (χ0n) is 18.1. The van der Waals surface area contributed by atoms with Gasteiger partial charge >= 0.3 is 0 Å². The van der Waals surface area contributed by atoms with E-state index in [9.17, 15) is 13.5 Å². The molecule has 1 aromatic rings. The van der Waals surface area contributed by atoms with Gasteiger partial charge in [0.2, 0.25) is 0 Å². The van der Waals surface area contributed by atoms with Crippen molar-refractivity contribution in [2.75, 3.05) is 5.75 Å². The number of hydrogen-bond acceptors (Lipinski definition) is 4. The maximum Gasteiger partial charge on any atom is 0.192 e. The van der Waals surface area contributed by atoms with E-state index in [1.807, 2.05) is 13.0 Å². The molecule has 28 heavy (non-hydrogen) atoms. The van der Waals surface area contributed by atoms with Crippen LogP contribution in [0.25, 0.3) is 0 Å².